The Balaban J connectivity index is 2.01. The predicted octanol–water partition coefficient (Wildman–Crippen LogP) is 4.87. The number of nitrogens with one attached hydrogen (secondary N) is 2. The standard InChI is InChI=1S/C15H15BrN2S/c1-10-3-5-12(6-4-10)17-15(19)18-13-7-8-14(16)11(2)9-13/h3-9H,1-2H3,(H2,17,18,19). The van der Waals surface area contributed by atoms with E-state index in [4.69, 9.17) is 12.2 Å². The van der Waals surface area contributed by atoms with E-state index < -0.39 is 0 Å². The molecule has 0 bridgehead atoms. The van der Waals surface area contributed by atoms with Gasteiger partial charge in [-0.25, -0.2) is 0 Å². The van der Waals surface area contributed by atoms with Gasteiger partial charge in [0.25, 0.3) is 0 Å². The van der Waals surface area contributed by atoms with Crippen molar-refractivity contribution in [3.63, 3.8) is 0 Å². The highest BCUT2D eigenvalue weighted by atomic mass is 79.9. The second-order valence-electron chi connectivity index (χ2n) is 4.41. The largest absolute Gasteiger partial charge is 0.332 e. The Morgan fingerprint density at radius 3 is 2.16 bits per heavy atom. The van der Waals surface area contributed by atoms with Gasteiger partial charge in [0.15, 0.2) is 5.11 Å². The summed E-state index contributed by atoms with van der Waals surface area (Å²) < 4.78 is 1.09. The maximum atomic E-state index is 5.29. The van der Waals surface area contributed by atoms with Gasteiger partial charge in [-0.15, -0.1) is 0 Å². The molecule has 2 rings (SSSR count). The molecule has 19 heavy (non-hydrogen) atoms. The fourth-order valence-electron chi connectivity index (χ4n) is 1.65. The topological polar surface area (TPSA) is 24.1 Å². The first kappa shape index (κ1) is 14.0. The van der Waals surface area contributed by atoms with E-state index in [2.05, 4.69) is 45.6 Å². The zero-order valence-corrected chi connectivity index (χ0v) is 13.2. The van der Waals surface area contributed by atoms with Crippen LogP contribution in [0.5, 0.6) is 0 Å². The minimum Gasteiger partial charge on any atom is -0.332 e. The van der Waals surface area contributed by atoms with Gasteiger partial charge in [0, 0.05) is 15.8 Å². The lowest BCUT2D eigenvalue weighted by molar-refractivity contribution is 1.42. The Bertz CT molecular complexity index is 594. The van der Waals surface area contributed by atoms with Crippen LogP contribution in [0.1, 0.15) is 11.1 Å². The smallest absolute Gasteiger partial charge is 0.175 e. The van der Waals surface area contributed by atoms with Crippen molar-refractivity contribution in [1.82, 2.24) is 0 Å². The summed E-state index contributed by atoms with van der Waals surface area (Å²) in [6, 6.07) is 14.2. The van der Waals surface area contributed by atoms with Crippen LogP contribution >= 0.6 is 28.1 Å². The Morgan fingerprint density at radius 1 is 0.947 bits per heavy atom. The van der Waals surface area contributed by atoms with Crippen molar-refractivity contribution in [3.05, 3.63) is 58.1 Å². The molecule has 0 fully saturated rings. The third-order valence-electron chi connectivity index (χ3n) is 2.73. The first-order valence-electron chi connectivity index (χ1n) is 5.95. The highest BCUT2D eigenvalue weighted by molar-refractivity contribution is 9.10. The lowest BCUT2D eigenvalue weighted by Crippen LogP contribution is -2.19. The van der Waals surface area contributed by atoms with Crippen LogP contribution in [0.25, 0.3) is 0 Å². The van der Waals surface area contributed by atoms with Crippen LogP contribution in [0.4, 0.5) is 11.4 Å². The molecule has 0 aromatic heterocycles. The van der Waals surface area contributed by atoms with Crippen molar-refractivity contribution in [3.8, 4) is 0 Å². The number of hydrogen-bond donors (Lipinski definition) is 2. The molecule has 0 aliphatic carbocycles. The molecule has 0 saturated carbocycles. The van der Waals surface area contributed by atoms with E-state index in [1.54, 1.807) is 0 Å². The van der Waals surface area contributed by atoms with Crippen molar-refractivity contribution in [2.24, 2.45) is 0 Å². The molecule has 0 aliphatic rings. The van der Waals surface area contributed by atoms with Gasteiger partial charge in [-0.05, 0) is 62.0 Å². The lowest BCUT2D eigenvalue weighted by atomic mass is 10.2. The fourth-order valence-corrected chi connectivity index (χ4v) is 2.14. The van der Waals surface area contributed by atoms with Gasteiger partial charge in [-0.1, -0.05) is 33.6 Å². The Morgan fingerprint density at radius 2 is 1.53 bits per heavy atom. The molecular weight excluding hydrogens is 320 g/mol. The number of rotatable bonds is 2. The van der Waals surface area contributed by atoms with E-state index >= 15 is 0 Å². The maximum absolute atomic E-state index is 5.29. The molecule has 0 unspecified atom stereocenters. The van der Waals surface area contributed by atoms with E-state index in [0.717, 1.165) is 15.8 Å². The van der Waals surface area contributed by atoms with Gasteiger partial charge < -0.3 is 10.6 Å². The van der Waals surface area contributed by atoms with Crippen LogP contribution in [-0.2, 0) is 0 Å². The summed E-state index contributed by atoms with van der Waals surface area (Å²) in [4.78, 5) is 0. The third-order valence-corrected chi connectivity index (χ3v) is 3.82. The van der Waals surface area contributed by atoms with Crippen LogP contribution in [0.2, 0.25) is 0 Å². The molecule has 0 aliphatic heterocycles. The van der Waals surface area contributed by atoms with Crippen molar-refractivity contribution >= 4 is 44.6 Å². The van der Waals surface area contributed by atoms with Gasteiger partial charge in [0.2, 0.25) is 0 Å². The molecule has 0 radical (unpaired) electrons. The van der Waals surface area contributed by atoms with E-state index in [1.165, 1.54) is 11.1 Å². The summed E-state index contributed by atoms with van der Waals surface area (Å²) in [5.74, 6) is 0. The minimum atomic E-state index is 0.588. The van der Waals surface area contributed by atoms with Crippen LogP contribution < -0.4 is 10.6 Å². The summed E-state index contributed by atoms with van der Waals surface area (Å²) in [6.45, 7) is 4.11. The van der Waals surface area contributed by atoms with Gasteiger partial charge in [0.05, 0.1) is 0 Å². The monoisotopic (exact) mass is 334 g/mol. The highest BCUT2D eigenvalue weighted by Crippen LogP contribution is 2.20. The van der Waals surface area contributed by atoms with E-state index in [0.29, 0.717) is 5.11 Å². The van der Waals surface area contributed by atoms with Gasteiger partial charge >= 0.3 is 0 Å². The lowest BCUT2D eigenvalue weighted by Gasteiger charge is -2.11. The van der Waals surface area contributed by atoms with Crippen LogP contribution in [0.3, 0.4) is 0 Å². The molecule has 0 saturated heterocycles. The number of hydrogen-bond acceptors (Lipinski definition) is 1. The molecule has 2 aromatic rings. The number of halogens is 1. The maximum Gasteiger partial charge on any atom is 0.175 e. The first-order valence-corrected chi connectivity index (χ1v) is 7.15. The summed E-state index contributed by atoms with van der Waals surface area (Å²) in [7, 11) is 0. The Labute approximate surface area is 127 Å². The molecule has 2 N–H and O–H groups in total. The van der Waals surface area contributed by atoms with Gasteiger partial charge in [-0.2, -0.15) is 0 Å². The molecule has 0 amide bonds. The van der Waals surface area contributed by atoms with Crippen molar-refractivity contribution in [2.45, 2.75) is 13.8 Å². The number of thiocarbonyl (C=S) groups is 1. The zero-order chi connectivity index (χ0) is 13.8. The van der Waals surface area contributed by atoms with Crippen molar-refractivity contribution < 1.29 is 0 Å². The quantitative estimate of drug-likeness (QED) is 0.765. The molecule has 0 atom stereocenters. The van der Waals surface area contributed by atoms with Crippen LogP contribution in [0.15, 0.2) is 46.9 Å². The SMILES string of the molecule is Cc1ccc(NC(=S)Nc2ccc(Br)c(C)c2)cc1. The average molecular weight is 335 g/mol. The minimum absolute atomic E-state index is 0.588. The molecular formula is C15H15BrN2S. The average Bonchev–Trinajstić information content (AvgIpc) is 2.37. The van der Waals surface area contributed by atoms with E-state index in [9.17, 15) is 0 Å². The second-order valence-corrected chi connectivity index (χ2v) is 5.67. The van der Waals surface area contributed by atoms with Gasteiger partial charge in [-0.3, -0.25) is 0 Å². The van der Waals surface area contributed by atoms with E-state index in [-0.39, 0.29) is 0 Å². The number of benzene rings is 2. The highest BCUT2D eigenvalue weighted by Gasteiger charge is 2.01. The second kappa shape index (κ2) is 6.17. The Hall–Kier alpha value is -1.39. The summed E-state index contributed by atoms with van der Waals surface area (Å²) >= 11 is 8.77. The summed E-state index contributed by atoms with van der Waals surface area (Å²) in [5, 5.41) is 6.92. The van der Waals surface area contributed by atoms with Crippen LogP contribution in [0, 0.1) is 13.8 Å². The number of aryl methyl sites for hydroxylation is 2. The van der Waals surface area contributed by atoms with Crippen molar-refractivity contribution in [1.29, 1.82) is 0 Å². The fraction of sp³-hybridized carbons (Fsp3) is 0.133. The normalized spacial score (nSPS) is 10.1. The Kier molecular flexibility index (Phi) is 4.56. The molecule has 4 heteroatoms. The van der Waals surface area contributed by atoms with Gasteiger partial charge in [0.1, 0.15) is 0 Å². The zero-order valence-electron chi connectivity index (χ0n) is 10.8. The molecule has 0 spiro atoms. The first-order chi connectivity index (χ1) is 9.04. The summed E-state index contributed by atoms with van der Waals surface area (Å²) in [6.07, 6.45) is 0. The van der Waals surface area contributed by atoms with Crippen molar-refractivity contribution in [2.75, 3.05) is 10.6 Å². The van der Waals surface area contributed by atoms with Crippen LogP contribution in [-0.4, -0.2) is 5.11 Å². The molecule has 0 heterocycles. The predicted molar refractivity (Wildman–Crippen MR) is 89.9 cm³/mol. The summed E-state index contributed by atoms with van der Waals surface area (Å²) in [5.41, 5.74) is 4.36. The molecule has 2 aromatic carbocycles. The van der Waals surface area contributed by atoms with E-state index in [1.807, 2.05) is 37.3 Å². The third kappa shape index (κ3) is 4.04. The molecule has 98 valence electrons. The molecule has 2 nitrogen and oxygen atoms in total. The number of anilines is 2.